The van der Waals surface area contributed by atoms with Gasteiger partial charge in [0.15, 0.2) is 7.14 Å². The van der Waals surface area contributed by atoms with Crippen LogP contribution in [0, 0.1) is 11.3 Å². The summed E-state index contributed by atoms with van der Waals surface area (Å²) in [5, 5.41) is 14.6. The Morgan fingerprint density at radius 3 is 1.73 bits per heavy atom. The molecule has 9 rings (SSSR count). The highest BCUT2D eigenvalue weighted by Gasteiger charge is 2.51. The third-order valence-corrected chi connectivity index (χ3v) is 13.1. The van der Waals surface area contributed by atoms with Gasteiger partial charge in [0.05, 0.1) is 28.1 Å². The summed E-state index contributed by atoms with van der Waals surface area (Å²) in [6.07, 6.45) is 0. The third kappa shape index (κ3) is 3.85. The number of benzene rings is 7. The summed E-state index contributed by atoms with van der Waals surface area (Å²) in [4.78, 5) is 0. The highest BCUT2D eigenvalue weighted by atomic mass is 31.2. The van der Waals surface area contributed by atoms with Crippen LogP contribution >= 0.6 is 7.14 Å². The summed E-state index contributed by atoms with van der Waals surface area (Å²) in [7, 11) is -3.26. The van der Waals surface area contributed by atoms with Crippen molar-refractivity contribution in [1.29, 1.82) is 5.26 Å². The molecule has 1 aromatic heterocycles. The highest BCUT2D eigenvalue weighted by Crippen LogP contribution is 2.57. The van der Waals surface area contributed by atoms with Gasteiger partial charge in [0.1, 0.15) is 0 Å². The lowest BCUT2D eigenvalue weighted by atomic mass is 9.64. The zero-order chi connectivity index (χ0) is 32.3. The van der Waals surface area contributed by atoms with Crippen LogP contribution < -0.4 is 15.9 Å². The van der Waals surface area contributed by atoms with Gasteiger partial charge in [-0.15, -0.1) is 0 Å². The van der Waals surface area contributed by atoms with E-state index >= 15 is 4.57 Å². The molecule has 0 fully saturated rings. The van der Waals surface area contributed by atoms with Crippen molar-refractivity contribution in [1.82, 2.24) is 4.57 Å². The number of hydrogen-bond acceptors (Lipinski definition) is 2. The van der Waals surface area contributed by atoms with Crippen LogP contribution in [0.1, 0.15) is 27.8 Å². The highest BCUT2D eigenvalue weighted by molar-refractivity contribution is 7.85. The molecule has 0 bridgehead atoms. The zero-order valence-electron chi connectivity index (χ0n) is 26.0. The third-order valence-electron chi connectivity index (χ3n) is 9.98. The molecule has 1 aliphatic heterocycles. The molecule has 0 spiro atoms. The molecule has 0 saturated heterocycles. The second-order valence-corrected chi connectivity index (χ2v) is 15.0. The molecule has 48 heavy (non-hydrogen) atoms. The lowest BCUT2D eigenvalue weighted by Gasteiger charge is -2.45. The minimum Gasteiger partial charge on any atom is -0.309 e. The zero-order valence-corrected chi connectivity index (χ0v) is 26.9. The van der Waals surface area contributed by atoms with Gasteiger partial charge in [-0.3, -0.25) is 0 Å². The van der Waals surface area contributed by atoms with Crippen molar-refractivity contribution in [3.8, 4) is 11.8 Å². The van der Waals surface area contributed by atoms with E-state index in [0.29, 0.717) is 5.56 Å². The second kappa shape index (κ2) is 10.8. The van der Waals surface area contributed by atoms with Gasteiger partial charge in [0, 0.05) is 32.4 Å². The number of hydrogen-bond donors (Lipinski definition) is 0. The van der Waals surface area contributed by atoms with Crippen LogP contribution in [-0.4, -0.2) is 4.57 Å². The predicted molar refractivity (Wildman–Crippen MR) is 197 cm³/mol. The fourth-order valence-corrected chi connectivity index (χ4v) is 11.1. The Bertz CT molecular complexity index is 2550. The Labute approximate surface area is 279 Å². The van der Waals surface area contributed by atoms with E-state index in [0.717, 1.165) is 60.3 Å². The molecule has 0 amide bonds. The average molecular weight is 633 g/mol. The lowest BCUT2D eigenvalue weighted by Crippen LogP contribution is -2.46. The summed E-state index contributed by atoms with van der Waals surface area (Å²) in [5.74, 6) is 0. The number of fused-ring (bicyclic) bond motifs is 5. The largest absolute Gasteiger partial charge is 0.309 e. The average Bonchev–Trinajstić information content (AvgIpc) is 3.50. The number of para-hydroxylation sites is 2. The first-order valence-corrected chi connectivity index (χ1v) is 17.8. The van der Waals surface area contributed by atoms with Crippen LogP contribution in [0.2, 0.25) is 0 Å². The Hall–Kier alpha value is -5.94. The van der Waals surface area contributed by atoms with Crippen LogP contribution in [0.4, 0.5) is 0 Å². The van der Waals surface area contributed by atoms with E-state index in [9.17, 15) is 5.26 Å². The van der Waals surface area contributed by atoms with Crippen molar-refractivity contribution >= 4 is 44.9 Å². The van der Waals surface area contributed by atoms with E-state index in [1.165, 1.54) is 5.39 Å². The summed E-state index contributed by atoms with van der Waals surface area (Å²) in [5.41, 5.74) is 7.24. The number of rotatable bonds is 4. The van der Waals surface area contributed by atoms with Gasteiger partial charge in [-0.25, -0.2) is 0 Å². The molecular formula is C44H29N2OP. The molecule has 8 aromatic rings. The molecular weight excluding hydrogens is 603 g/mol. The van der Waals surface area contributed by atoms with Crippen LogP contribution in [0.15, 0.2) is 176 Å². The number of nitriles is 1. The van der Waals surface area contributed by atoms with Crippen LogP contribution in [-0.2, 0) is 9.98 Å². The first-order valence-electron chi connectivity index (χ1n) is 16.1. The standard InChI is InChI=1S/C44H29N2OP/c45-30-31-23-25-32(26-24-31)44(33-27-28-41-37(29-33)36-17-7-10-20-40(36)46(41)34-13-3-1-4-14-34)38-18-8-11-21-42(38)48(47,35-15-5-2-6-16-35)43-22-12-9-19-39(43)44/h1-29H. The van der Waals surface area contributed by atoms with Crippen molar-refractivity contribution in [3.05, 3.63) is 204 Å². The van der Waals surface area contributed by atoms with E-state index in [4.69, 9.17) is 0 Å². The summed E-state index contributed by atoms with van der Waals surface area (Å²) in [6, 6.07) is 62.5. The smallest absolute Gasteiger partial charge is 0.171 e. The Morgan fingerprint density at radius 1 is 0.521 bits per heavy atom. The van der Waals surface area contributed by atoms with Crippen molar-refractivity contribution < 1.29 is 4.57 Å². The molecule has 0 unspecified atom stereocenters. The van der Waals surface area contributed by atoms with Gasteiger partial charge in [-0.05, 0) is 64.7 Å². The van der Waals surface area contributed by atoms with Crippen molar-refractivity contribution in [2.75, 3.05) is 0 Å². The Morgan fingerprint density at radius 2 is 1.06 bits per heavy atom. The van der Waals surface area contributed by atoms with Gasteiger partial charge in [-0.2, -0.15) is 5.26 Å². The molecule has 0 saturated carbocycles. The maximum atomic E-state index is 15.8. The minimum atomic E-state index is -3.26. The van der Waals surface area contributed by atoms with E-state index in [1.807, 2.05) is 60.7 Å². The molecule has 2 heterocycles. The lowest BCUT2D eigenvalue weighted by molar-refractivity contribution is 0.590. The van der Waals surface area contributed by atoms with Gasteiger partial charge >= 0.3 is 0 Å². The van der Waals surface area contributed by atoms with Crippen LogP contribution in [0.5, 0.6) is 0 Å². The minimum absolute atomic E-state index is 0.600. The molecule has 0 aliphatic carbocycles. The molecule has 0 atom stereocenters. The van der Waals surface area contributed by atoms with E-state index in [1.54, 1.807) is 0 Å². The maximum Gasteiger partial charge on any atom is 0.171 e. The van der Waals surface area contributed by atoms with Crippen molar-refractivity contribution in [2.24, 2.45) is 0 Å². The molecule has 4 heteroatoms. The van der Waals surface area contributed by atoms with E-state index in [-0.39, 0.29) is 0 Å². The van der Waals surface area contributed by atoms with Gasteiger partial charge < -0.3 is 9.13 Å². The quantitative estimate of drug-likeness (QED) is 0.182. The molecule has 3 nitrogen and oxygen atoms in total. The molecule has 0 radical (unpaired) electrons. The molecule has 0 N–H and O–H groups in total. The fraction of sp³-hybridized carbons (Fsp3) is 0.0227. The predicted octanol–water partition coefficient (Wildman–Crippen LogP) is 8.99. The first-order chi connectivity index (χ1) is 23.7. The van der Waals surface area contributed by atoms with Crippen molar-refractivity contribution in [3.63, 3.8) is 0 Å². The topological polar surface area (TPSA) is 45.8 Å². The number of nitrogens with zero attached hydrogens (tertiary/aromatic N) is 2. The Kier molecular flexibility index (Phi) is 6.37. The first kappa shape index (κ1) is 28.3. The number of aromatic nitrogens is 1. The van der Waals surface area contributed by atoms with Crippen LogP contribution in [0.3, 0.4) is 0 Å². The van der Waals surface area contributed by atoms with Gasteiger partial charge in [0.25, 0.3) is 0 Å². The van der Waals surface area contributed by atoms with E-state index < -0.39 is 12.6 Å². The monoisotopic (exact) mass is 632 g/mol. The SMILES string of the molecule is N#Cc1ccc(C2(c3ccc4c(c3)c3ccccc3n4-c3ccccc3)c3ccccc3P(=O)(c3ccccc3)c3ccccc32)cc1. The Balaban J connectivity index is 1.44. The maximum absolute atomic E-state index is 15.8. The van der Waals surface area contributed by atoms with Gasteiger partial charge in [0.2, 0.25) is 0 Å². The van der Waals surface area contributed by atoms with Gasteiger partial charge in [-0.1, -0.05) is 133 Å². The molecule has 7 aromatic carbocycles. The molecule has 1 aliphatic rings. The van der Waals surface area contributed by atoms with Crippen LogP contribution in [0.25, 0.3) is 27.5 Å². The van der Waals surface area contributed by atoms with Crippen molar-refractivity contribution in [2.45, 2.75) is 5.41 Å². The van der Waals surface area contributed by atoms with E-state index in [2.05, 4.69) is 126 Å². The normalized spacial score (nSPS) is 18.2. The second-order valence-electron chi connectivity index (χ2n) is 12.3. The molecule has 226 valence electrons. The summed E-state index contributed by atoms with van der Waals surface area (Å²) >= 11 is 0. The fourth-order valence-electron chi connectivity index (χ4n) is 7.97. The summed E-state index contributed by atoms with van der Waals surface area (Å²) in [6.45, 7) is 0. The summed E-state index contributed by atoms with van der Waals surface area (Å²) < 4.78 is 18.2.